The minimum Gasteiger partial charge on any atom is -0.297 e. The molecule has 2 aromatic carbocycles. The molecule has 0 aliphatic carbocycles. The van der Waals surface area contributed by atoms with Crippen LogP contribution in [0.1, 0.15) is 5.56 Å². The molecule has 1 amide bonds. The second-order valence-corrected chi connectivity index (χ2v) is 5.94. The van der Waals surface area contributed by atoms with Crippen molar-refractivity contribution in [3.8, 4) is 17.3 Å². The Labute approximate surface area is 147 Å². The van der Waals surface area contributed by atoms with Crippen molar-refractivity contribution >= 4 is 28.5 Å². The molecule has 0 radical (unpaired) electrons. The number of nitrogens with zero attached hydrogens (tertiary/aromatic N) is 2. The molecule has 0 aliphatic heterocycles. The third-order valence-electron chi connectivity index (χ3n) is 3.34. The van der Waals surface area contributed by atoms with Crippen LogP contribution >= 0.6 is 11.3 Å². The predicted octanol–water partition coefficient (Wildman–Crippen LogP) is 4.49. The standard InChI is InChI=1S/C19H12FN3OS/c20-16-8-6-14(7-9-16)17-12-25-19(22-17)23-18(24)15(11-21)10-13-4-2-1-3-5-13/h1-10,12H,(H,22,23,24)/b15-10+. The monoisotopic (exact) mass is 349 g/mol. The number of carbonyl (C=O) groups excluding carboxylic acids is 1. The van der Waals surface area contributed by atoms with E-state index in [4.69, 9.17) is 0 Å². The third-order valence-corrected chi connectivity index (χ3v) is 4.10. The van der Waals surface area contributed by atoms with Crippen LogP contribution in [0.2, 0.25) is 0 Å². The van der Waals surface area contributed by atoms with Crippen LogP contribution in [-0.4, -0.2) is 10.9 Å². The first-order valence-electron chi connectivity index (χ1n) is 7.35. The van der Waals surface area contributed by atoms with Crippen molar-refractivity contribution < 1.29 is 9.18 Å². The summed E-state index contributed by atoms with van der Waals surface area (Å²) in [5.74, 6) is -0.844. The van der Waals surface area contributed by atoms with Crippen LogP contribution in [0, 0.1) is 17.1 Å². The van der Waals surface area contributed by atoms with Gasteiger partial charge in [0.1, 0.15) is 17.5 Å². The topological polar surface area (TPSA) is 65.8 Å². The Balaban J connectivity index is 1.76. The van der Waals surface area contributed by atoms with E-state index in [1.165, 1.54) is 29.5 Å². The van der Waals surface area contributed by atoms with Gasteiger partial charge in [-0.25, -0.2) is 9.37 Å². The van der Waals surface area contributed by atoms with Gasteiger partial charge in [0.2, 0.25) is 0 Å². The molecule has 1 heterocycles. The number of rotatable bonds is 4. The Kier molecular flexibility index (Phi) is 4.97. The minimum atomic E-state index is -0.522. The number of nitriles is 1. The van der Waals surface area contributed by atoms with Gasteiger partial charge in [-0.3, -0.25) is 10.1 Å². The molecular weight excluding hydrogens is 337 g/mol. The van der Waals surface area contributed by atoms with Gasteiger partial charge < -0.3 is 0 Å². The zero-order chi connectivity index (χ0) is 17.6. The predicted molar refractivity (Wildman–Crippen MR) is 96.2 cm³/mol. The molecule has 1 N–H and O–H groups in total. The van der Waals surface area contributed by atoms with Crippen LogP contribution < -0.4 is 5.32 Å². The van der Waals surface area contributed by atoms with Crippen molar-refractivity contribution in [1.29, 1.82) is 5.26 Å². The second kappa shape index (κ2) is 7.51. The molecule has 122 valence electrons. The van der Waals surface area contributed by atoms with Gasteiger partial charge in [-0.15, -0.1) is 11.3 Å². The Morgan fingerprint density at radius 2 is 1.88 bits per heavy atom. The lowest BCUT2D eigenvalue weighted by atomic mass is 10.1. The van der Waals surface area contributed by atoms with E-state index >= 15 is 0 Å². The zero-order valence-electron chi connectivity index (χ0n) is 12.9. The largest absolute Gasteiger partial charge is 0.297 e. The summed E-state index contributed by atoms with van der Waals surface area (Å²) in [4.78, 5) is 16.6. The molecule has 0 fully saturated rings. The van der Waals surface area contributed by atoms with Crippen molar-refractivity contribution in [1.82, 2.24) is 4.98 Å². The highest BCUT2D eigenvalue weighted by Crippen LogP contribution is 2.25. The van der Waals surface area contributed by atoms with Crippen LogP contribution in [0.3, 0.4) is 0 Å². The molecule has 1 aromatic heterocycles. The molecule has 3 rings (SSSR count). The maximum Gasteiger partial charge on any atom is 0.268 e. The molecule has 0 atom stereocenters. The van der Waals surface area contributed by atoms with Crippen molar-refractivity contribution in [2.75, 3.05) is 5.32 Å². The molecule has 6 heteroatoms. The van der Waals surface area contributed by atoms with E-state index in [1.807, 2.05) is 24.3 Å². The Bertz CT molecular complexity index is 956. The van der Waals surface area contributed by atoms with Gasteiger partial charge in [0.05, 0.1) is 5.69 Å². The second-order valence-electron chi connectivity index (χ2n) is 5.08. The lowest BCUT2D eigenvalue weighted by Gasteiger charge is -2.00. The average Bonchev–Trinajstić information content (AvgIpc) is 3.09. The van der Waals surface area contributed by atoms with E-state index in [2.05, 4.69) is 10.3 Å². The number of halogens is 1. The minimum absolute atomic E-state index is 0.00951. The van der Waals surface area contributed by atoms with Gasteiger partial charge in [0, 0.05) is 10.9 Å². The molecule has 0 unspecified atom stereocenters. The summed E-state index contributed by atoms with van der Waals surface area (Å²) in [6.07, 6.45) is 1.52. The van der Waals surface area contributed by atoms with Gasteiger partial charge >= 0.3 is 0 Å². The number of hydrogen-bond donors (Lipinski definition) is 1. The SMILES string of the molecule is N#C/C(=C\c1ccccc1)C(=O)Nc1nc(-c2ccc(F)cc2)cs1. The van der Waals surface area contributed by atoms with E-state index < -0.39 is 5.91 Å². The fourth-order valence-corrected chi connectivity index (χ4v) is 2.83. The number of benzene rings is 2. The van der Waals surface area contributed by atoms with Gasteiger partial charge in [-0.1, -0.05) is 30.3 Å². The molecule has 0 aliphatic rings. The smallest absolute Gasteiger partial charge is 0.268 e. The summed E-state index contributed by atoms with van der Waals surface area (Å²) in [6, 6.07) is 17.0. The lowest BCUT2D eigenvalue weighted by molar-refractivity contribution is -0.112. The highest BCUT2D eigenvalue weighted by molar-refractivity contribution is 7.14. The number of amides is 1. The quantitative estimate of drug-likeness (QED) is 0.557. The van der Waals surface area contributed by atoms with E-state index in [0.717, 1.165) is 11.1 Å². The lowest BCUT2D eigenvalue weighted by Crippen LogP contribution is -2.13. The van der Waals surface area contributed by atoms with Crippen LogP contribution in [0.15, 0.2) is 65.6 Å². The average molecular weight is 349 g/mol. The van der Waals surface area contributed by atoms with Gasteiger partial charge in [0.25, 0.3) is 5.91 Å². The van der Waals surface area contributed by atoms with Crippen LogP contribution in [0.5, 0.6) is 0 Å². The molecule has 0 saturated carbocycles. The Morgan fingerprint density at radius 1 is 1.16 bits per heavy atom. The molecule has 0 bridgehead atoms. The summed E-state index contributed by atoms with van der Waals surface area (Å²) in [5, 5.41) is 14.0. The van der Waals surface area contributed by atoms with E-state index in [0.29, 0.717) is 10.8 Å². The normalized spacial score (nSPS) is 11.0. The van der Waals surface area contributed by atoms with Gasteiger partial charge in [-0.2, -0.15) is 5.26 Å². The molecule has 25 heavy (non-hydrogen) atoms. The number of hydrogen-bond acceptors (Lipinski definition) is 4. The first-order valence-corrected chi connectivity index (χ1v) is 8.23. The summed E-state index contributed by atoms with van der Waals surface area (Å²) < 4.78 is 13.0. The number of anilines is 1. The third kappa shape index (κ3) is 4.16. The molecule has 3 aromatic rings. The molecular formula is C19H12FN3OS. The summed E-state index contributed by atoms with van der Waals surface area (Å²) in [5.41, 5.74) is 2.13. The molecule has 0 spiro atoms. The number of nitrogens with one attached hydrogen (secondary N) is 1. The highest BCUT2D eigenvalue weighted by Gasteiger charge is 2.12. The fraction of sp³-hybridized carbons (Fsp3) is 0. The van der Waals surface area contributed by atoms with Crippen molar-refractivity contribution in [2.45, 2.75) is 0 Å². The number of carbonyl (C=O) groups is 1. The van der Waals surface area contributed by atoms with Gasteiger partial charge in [-0.05, 0) is 35.9 Å². The van der Waals surface area contributed by atoms with E-state index in [9.17, 15) is 14.4 Å². The molecule has 0 saturated heterocycles. The van der Waals surface area contributed by atoms with E-state index in [1.54, 1.807) is 29.6 Å². The number of thiazole rings is 1. The first-order chi connectivity index (χ1) is 12.2. The van der Waals surface area contributed by atoms with Crippen molar-refractivity contribution in [3.63, 3.8) is 0 Å². The van der Waals surface area contributed by atoms with Crippen LogP contribution in [-0.2, 0) is 4.79 Å². The van der Waals surface area contributed by atoms with Gasteiger partial charge in [0.15, 0.2) is 5.13 Å². The van der Waals surface area contributed by atoms with Crippen molar-refractivity contribution in [3.05, 3.63) is 76.9 Å². The van der Waals surface area contributed by atoms with Crippen molar-refractivity contribution in [2.24, 2.45) is 0 Å². The Hall–Kier alpha value is -3.30. The highest BCUT2D eigenvalue weighted by atomic mass is 32.1. The Morgan fingerprint density at radius 3 is 2.56 bits per heavy atom. The summed E-state index contributed by atoms with van der Waals surface area (Å²) >= 11 is 1.24. The maximum absolute atomic E-state index is 13.0. The van der Waals surface area contributed by atoms with Crippen LogP contribution in [0.4, 0.5) is 9.52 Å². The zero-order valence-corrected chi connectivity index (χ0v) is 13.8. The molecule has 4 nitrogen and oxygen atoms in total. The maximum atomic E-state index is 13.0. The number of aromatic nitrogens is 1. The fourth-order valence-electron chi connectivity index (χ4n) is 2.11. The first kappa shape index (κ1) is 16.6. The van der Waals surface area contributed by atoms with E-state index in [-0.39, 0.29) is 11.4 Å². The summed E-state index contributed by atoms with van der Waals surface area (Å²) in [6.45, 7) is 0. The summed E-state index contributed by atoms with van der Waals surface area (Å²) in [7, 11) is 0. The van der Waals surface area contributed by atoms with Crippen LogP contribution in [0.25, 0.3) is 17.3 Å².